The van der Waals surface area contributed by atoms with Gasteiger partial charge in [0.25, 0.3) is 5.92 Å². The third-order valence-electron chi connectivity index (χ3n) is 2.87. The van der Waals surface area contributed by atoms with Crippen molar-refractivity contribution in [1.82, 2.24) is 5.32 Å². The normalized spacial score (nSPS) is 31.5. The number of hydrogen-bond acceptors (Lipinski definition) is 1. The van der Waals surface area contributed by atoms with Crippen molar-refractivity contribution in [3.63, 3.8) is 0 Å². The Kier molecular flexibility index (Phi) is 3.04. The van der Waals surface area contributed by atoms with Gasteiger partial charge in [-0.3, -0.25) is 0 Å². The number of nitrogens with one attached hydrogen (secondary N) is 1. The van der Waals surface area contributed by atoms with Gasteiger partial charge in [-0.2, -0.15) is 0 Å². The van der Waals surface area contributed by atoms with E-state index in [0.717, 1.165) is 6.42 Å². The van der Waals surface area contributed by atoms with Crippen LogP contribution < -0.4 is 5.32 Å². The molecule has 12 heavy (non-hydrogen) atoms. The third kappa shape index (κ3) is 1.94. The van der Waals surface area contributed by atoms with E-state index in [4.69, 9.17) is 0 Å². The van der Waals surface area contributed by atoms with Crippen LogP contribution in [0.25, 0.3) is 0 Å². The predicted molar refractivity (Wildman–Crippen MR) is 45.4 cm³/mol. The SMILES string of the molecule is CCC(C)C1CNCCC1(F)F. The van der Waals surface area contributed by atoms with Gasteiger partial charge in [0, 0.05) is 25.4 Å². The van der Waals surface area contributed by atoms with E-state index in [9.17, 15) is 8.78 Å². The Morgan fingerprint density at radius 1 is 1.58 bits per heavy atom. The summed E-state index contributed by atoms with van der Waals surface area (Å²) < 4.78 is 26.5. The molecule has 72 valence electrons. The Morgan fingerprint density at radius 3 is 2.75 bits per heavy atom. The second-order valence-corrected chi connectivity index (χ2v) is 3.71. The zero-order chi connectivity index (χ0) is 9.19. The molecule has 1 nitrogen and oxygen atoms in total. The second kappa shape index (κ2) is 3.69. The molecule has 1 aliphatic heterocycles. The molecule has 0 aromatic rings. The van der Waals surface area contributed by atoms with E-state index in [1.54, 1.807) is 0 Å². The first-order valence-corrected chi connectivity index (χ1v) is 4.66. The molecule has 0 amide bonds. The molecule has 3 heteroatoms. The van der Waals surface area contributed by atoms with Crippen molar-refractivity contribution >= 4 is 0 Å². The fourth-order valence-electron chi connectivity index (χ4n) is 1.75. The maximum absolute atomic E-state index is 13.3. The van der Waals surface area contributed by atoms with Gasteiger partial charge in [-0.15, -0.1) is 0 Å². The summed E-state index contributed by atoms with van der Waals surface area (Å²) in [6.45, 7) is 4.81. The average molecular weight is 177 g/mol. The maximum atomic E-state index is 13.3. The molecule has 2 atom stereocenters. The van der Waals surface area contributed by atoms with Crippen LogP contribution in [-0.2, 0) is 0 Å². The van der Waals surface area contributed by atoms with E-state index in [-0.39, 0.29) is 12.3 Å². The summed E-state index contributed by atoms with van der Waals surface area (Å²) in [5.41, 5.74) is 0. The fourth-order valence-corrected chi connectivity index (χ4v) is 1.75. The lowest BCUT2D eigenvalue weighted by molar-refractivity contribution is -0.0967. The first-order valence-electron chi connectivity index (χ1n) is 4.66. The van der Waals surface area contributed by atoms with Crippen molar-refractivity contribution < 1.29 is 8.78 Å². The van der Waals surface area contributed by atoms with E-state index >= 15 is 0 Å². The Morgan fingerprint density at radius 2 is 2.25 bits per heavy atom. The van der Waals surface area contributed by atoms with Gasteiger partial charge in [-0.1, -0.05) is 20.3 Å². The van der Waals surface area contributed by atoms with Crippen LogP contribution >= 0.6 is 0 Å². The molecule has 1 rings (SSSR count). The number of rotatable bonds is 2. The summed E-state index contributed by atoms with van der Waals surface area (Å²) in [5, 5.41) is 3.03. The quantitative estimate of drug-likeness (QED) is 0.682. The van der Waals surface area contributed by atoms with Crippen LogP contribution in [0.15, 0.2) is 0 Å². The van der Waals surface area contributed by atoms with Gasteiger partial charge in [-0.25, -0.2) is 8.78 Å². The first-order chi connectivity index (χ1) is 5.58. The fraction of sp³-hybridized carbons (Fsp3) is 1.00. The molecule has 0 aromatic heterocycles. The molecule has 1 aliphatic rings. The van der Waals surface area contributed by atoms with Gasteiger partial charge in [0.1, 0.15) is 0 Å². The van der Waals surface area contributed by atoms with Crippen molar-refractivity contribution in [2.24, 2.45) is 11.8 Å². The van der Waals surface area contributed by atoms with E-state index in [1.807, 2.05) is 13.8 Å². The summed E-state index contributed by atoms with van der Waals surface area (Å²) in [4.78, 5) is 0. The van der Waals surface area contributed by atoms with Gasteiger partial charge in [-0.05, 0) is 5.92 Å². The predicted octanol–water partition coefficient (Wildman–Crippen LogP) is 2.28. The molecule has 1 heterocycles. The van der Waals surface area contributed by atoms with Crippen LogP contribution in [0.3, 0.4) is 0 Å². The molecule has 0 radical (unpaired) electrons. The highest BCUT2D eigenvalue weighted by Crippen LogP contribution is 2.36. The standard InChI is InChI=1S/C9H17F2N/c1-3-7(2)8-6-12-5-4-9(8,10)11/h7-8,12H,3-6H2,1-2H3. The molecule has 2 unspecified atom stereocenters. The number of hydrogen-bond donors (Lipinski definition) is 1. The van der Waals surface area contributed by atoms with Crippen LogP contribution in [0, 0.1) is 11.8 Å². The minimum absolute atomic E-state index is 0.00199. The largest absolute Gasteiger partial charge is 0.316 e. The number of alkyl halides is 2. The van der Waals surface area contributed by atoms with Crippen LogP contribution in [0.2, 0.25) is 0 Å². The lowest BCUT2D eigenvalue weighted by Gasteiger charge is -2.35. The van der Waals surface area contributed by atoms with Crippen LogP contribution in [0.5, 0.6) is 0 Å². The van der Waals surface area contributed by atoms with Crippen molar-refractivity contribution in [3.05, 3.63) is 0 Å². The molecule has 0 saturated carbocycles. The van der Waals surface area contributed by atoms with Gasteiger partial charge in [0.2, 0.25) is 0 Å². The lowest BCUT2D eigenvalue weighted by atomic mass is 9.83. The Bertz CT molecular complexity index is 147. The van der Waals surface area contributed by atoms with Gasteiger partial charge in [0.15, 0.2) is 0 Å². The third-order valence-corrected chi connectivity index (χ3v) is 2.87. The molecule has 1 N–H and O–H groups in total. The molecular formula is C9H17F2N. The molecule has 0 aliphatic carbocycles. The highest BCUT2D eigenvalue weighted by Gasteiger charge is 2.43. The average Bonchev–Trinajstić information content (AvgIpc) is 2.02. The van der Waals surface area contributed by atoms with Crippen molar-refractivity contribution in [3.8, 4) is 0 Å². The van der Waals surface area contributed by atoms with E-state index in [2.05, 4.69) is 5.32 Å². The highest BCUT2D eigenvalue weighted by molar-refractivity contribution is 4.86. The minimum atomic E-state index is -2.44. The number of halogens is 2. The van der Waals surface area contributed by atoms with Gasteiger partial charge < -0.3 is 5.32 Å². The molecule has 1 saturated heterocycles. The Hall–Kier alpha value is -0.180. The van der Waals surface area contributed by atoms with Crippen molar-refractivity contribution in [2.75, 3.05) is 13.1 Å². The Labute approximate surface area is 72.5 Å². The van der Waals surface area contributed by atoms with Crippen LogP contribution in [0.1, 0.15) is 26.7 Å². The molecule has 0 spiro atoms. The van der Waals surface area contributed by atoms with E-state index in [0.29, 0.717) is 13.1 Å². The summed E-state index contributed by atoms with van der Waals surface area (Å²) in [6.07, 6.45) is 0.837. The number of piperidine rings is 1. The molecule has 0 aromatic carbocycles. The summed E-state index contributed by atoms with van der Waals surface area (Å²) in [5.74, 6) is -2.79. The van der Waals surface area contributed by atoms with Crippen LogP contribution in [0.4, 0.5) is 8.78 Å². The van der Waals surface area contributed by atoms with Crippen molar-refractivity contribution in [1.29, 1.82) is 0 Å². The maximum Gasteiger partial charge on any atom is 0.253 e. The van der Waals surface area contributed by atoms with Gasteiger partial charge in [0.05, 0.1) is 0 Å². The van der Waals surface area contributed by atoms with E-state index in [1.165, 1.54) is 0 Å². The monoisotopic (exact) mass is 177 g/mol. The minimum Gasteiger partial charge on any atom is -0.316 e. The second-order valence-electron chi connectivity index (χ2n) is 3.71. The van der Waals surface area contributed by atoms with Crippen LogP contribution in [-0.4, -0.2) is 19.0 Å². The highest BCUT2D eigenvalue weighted by atomic mass is 19.3. The topological polar surface area (TPSA) is 12.0 Å². The lowest BCUT2D eigenvalue weighted by Crippen LogP contribution is -2.47. The molecule has 1 fully saturated rings. The summed E-state index contributed by atoms with van der Waals surface area (Å²) in [6, 6.07) is 0. The molecular weight excluding hydrogens is 160 g/mol. The molecule has 0 bridgehead atoms. The van der Waals surface area contributed by atoms with Crippen molar-refractivity contribution in [2.45, 2.75) is 32.6 Å². The summed E-state index contributed by atoms with van der Waals surface area (Å²) in [7, 11) is 0. The van der Waals surface area contributed by atoms with E-state index < -0.39 is 11.8 Å². The zero-order valence-electron chi connectivity index (χ0n) is 7.74. The smallest absolute Gasteiger partial charge is 0.253 e. The Balaban J connectivity index is 2.59. The zero-order valence-corrected chi connectivity index (χ0v) is 7.74. The summed E-state index contributed by atoms with van der Waals surface area (Å²) >= 11 is 0. The first kappa shape index (κ1) is 9.90. The van der Waals surface area contributed by atoms with Gasteiger partial charge >= 0.3 is 0 Å².